The highest BCUT2D eigenvalue weighted by Gasteiger charge is 2.28. The Morgan fingerprint density at radius 2 is 1.31 bits per heavy atom. The topological polar surface area (TPSA) is 178 Å². The van der Waals surface area contributed by atoms with E-state index in [4.69, 9.17) is 10.3 Å². The van der Waals surface area contributed by atoms with Crippen LogP contribution in [0.3, 0.4) is 0 Å². The summed E-state index contributed by atoms with van der Waals surface area (Å²) in [5.74, 6) is -0.630. The number of hydrogen-bond acceptors (Lipinski definition) is 9. The van der Waals surface area contributed by atoms with Crippen LogP contribution in [0.15, 0.2) is 69.3 Å². The van der Waals surface area contributed by atoms with Gasteiger partial charge in [-0.3, -0.25) is 4.55 Å². The third-order valence-electron chi connectivity index (χ3n) is 3.80. The number of fused-ring (bicyclic) bond motifs is 1. The van der Waals surface area contributed by atoms with Crippen LogP contribution in [0.25, 0.3) is 10.8 Å². The Bertz CT molecular complexity index is 1430. The number of hydrogen-bond donors (Lipinski definition) is 3. The van der Waals surface area contributed by atoms with Crippen molar-refractivity contribution in [3.05, 3.63) is 54.6 Å². The van der Waals surface area contributed by atoms with Crippen LogP contribution in [0, 0.1) is 0 Å². The van der Waals surface area contributed by atoms with Gasteiger partial charge in [0.25, 0.3) is 10.1 Å². The fourth-order valence-electron chi connectivity index (χ4n) is 2.55. The van der Waals surface area contributed by atoms with E-state index in [1.54, 1.807) is 0 Å². The number of anilines is 1. The standard InChI is InChI=1S/C16H13NO9S3/c17-14-8-13(7-10-6-12(27(19,20)21)9-15(18)16(10)14)29(24,25)26-28(22,23)11-4-2-1-3-5-11/h1-9,18H,17H2,(H,19,20,21). The van der Waals surface area contributed by atoms with Crippen LogP contribution >= 0.6 is 0 Å². The molecule has 13 heteroatoms. The minimum Gasteiger partial charge on any atom is -0.507 e. The zero-order chi connectivity index (χ0) is 21.6. The number of rotatable bonds is 5. The molecule has 0 atom stereocenters. The molecule has 0 spiro atoms. The average molecular weight is 459 g/mol. The molecule has 4 N–H and O–H groups in total. The predicted molar refractivity (Wildman–Crippen MR) is 102 cm³/mol. The Labute approximate surface area is 166 Å². The molecule has 10 nitrogen and oxygen atoms in total. The Morgan fingerprint density at radius 3 is 1.90 bits per heavy atom. The quantitative estimate of drug-likeness (QED) is 0.374. The van der Waals surface area contributed by atoms with Gasteiger partial charge in [0.15, 0.2) is 0 Å². The van der Waals surface area contributed by atoms with Crippen LogP contribution < -0.4 is 5.73 Å². The van der Waals surface area contributed by atoms with E-state index in [9.17, 15) is 30.4 Å². The highest BCUT2D eigenvalue weighted by Crippen LogP contribution is 2.35. The first-order valence-electron chi connectivity index (χ1n) is 7.61. The number of nitrogens with two attached hydrogens (primary N) is 1. The van der Waals surface area contributed by atoms with Gasteiger partial charge in [-0.25, -0.2) is 0 Å². The monoisotopic (exact) mass is 459 g/mol. The van der Waals surface area contributed by atoms with Crippen molar-refractivity contribution < 1.29 is 38.5 Å². The number of benzene rings is 3. The molecule has 0 aliphatic heterocycles. The van der Waals surface area contributed by atoms with Crippen molar-refractivity contribution in [2.24, 2.45) is 0 Å². The number of phenols is 1. The minimum absolute atomic E-state index is 0.0951. The number of aromatic hydroxyl groups is 1. The summed E-state index contributed by atoms with van der Waals surface area (Å²) in [7, 11) is -14.3. The third-order valence-corrected chi connectivity index (χ3v) is 7.73. The largest absolute Gasteiger partial charge is 0.507 e. The van der Waals surface area contributed by atoms with Crippen LogP contribution in [-0.2, 0) is 34.0 Å². The lowest BCUT2D eigenvalue weighted by atomic mass is 10.1. The molecule has 3 aromatic carbocycles. The van der Waals surface area contributed by atoms with E-state index in [1.807, 2.05) is 0 Å². The van der Waals surface area contributed by atoms with Gasteiger partial charge < -0.3 is 10.8 Å². The summed E-state index contributed by atoms with van der Waals surface area (Å²) < 4.78 is 85.6. The smallest absolute Gasteiger partial charge is 0.311 e. The van der Waals surface area contributed by atoms with Gasteiger partial charge >= 0.3 is 20.2 Å². The van der Waals surface area contributed by atoms with Crippen LogP contribution in [0.4, 0.5) is 5.69 Å². The number of phenolic OH excluding ortho intramolecular Hbond substituents is 1. The van der Waals surface area contributed by atoms with E-state index >= 15 is 0 Å². The highest BCUT2D eigenvalue weighted by molar-refractivity contribution is 8.00. The Kier molecular flexibility index (Phi) is 5.04. The molecule has 0 saturated carbocycles. The molecule has 154 valence electrons. The Morgan fingerprint density at radius 1 is 0.759 bits per heavy atom. The molecular weight excluding hydrogens is 446 g/mol. The van der Waals surface area contributed by atoms with Crippen molar-refractivity contribution >= 4 is 46.8 Å². The van der Waals surface area contributed by atoms with Crippen molar-refractivity contribution in [2.75, 3.05) is 5.73 Å². The maximum atomic E-state index is 12.5. The van der Waals surface area contributed by atoms with E-state index in [1.165, 1.54) is 18.2 Å². The van der Waals surface area contributed by atoms with E-state index in [-0.39, 0.29) is 16.5 Å². The fraction of sp³-hybridized carbons (Fsp3) is 0. The second-order valence-corrected chi connectivity index (χ2v) is 10.5. The summed E-state index contributed by atoms with van der Waals surface area (Å²) in [6, 6.07) is 9.85. The molecule has 29 heavy (non-hydrogen) atoms. The normalized spacial score (nSPS) is 12.9. The summed E-state index contributed by atoms with van der Waals surface area (Å²) in [5.41, 5.74) is 5.46. The average Bonchev–Trinajstić information content (AvgIpc) is 2.60. The molecule has 0 radical (unpaired) electrons. The lowest BCUT2D eigenvalue weighted by molar-refractivity contribution is 0.461. The van der Waals surface area contributed by atoms with E-state index in [0.29, 0.717) is 0 Å². The van der Waals surface area contributed by atoms with Crippen LogP contribution in [0.1, 0.15) is 0 Å². The lowest BCUT2D eigenvalue weighted by Gasteiger charge is -2.11. The van der Waals surface area contributed by atoms with Crippen molar-refractivity contribution in [1.29, 1.82) is 0 Å². The van der Waals surface area contributed by atoms with Crippen LogP contribution in [0.5, 0.6) is 5.75 Å². The summed E-state index contributed by atoms with van der Waals surface area (Å²) in [4.78, 5) is -1.81. The first-order valence-corrected chi connectivity index (χ1v) is 11.9. The zero-order valence-electron chi connectivity index (χ0n) is 14.3. The third kappa shape index (κ3) is 4.18. The van der Waals surface area contributed by atoms with Gasteiger partial charge in [-0.15, -0.1) is 3.63 Å². The second-order valence-electron chi connectivity index (χ2n) is 5.82. The molecule has 3 aromatic rings. The van der Waals surface area contributed by atoms with E-state index < -0.39 is 50.8 Å². The lowest BCUT2D eigenvalue weighted by Crippen LogP contribution is -2.14. The summed E-state index contributed by atoms with van der Waals surface area (Å²) >= 11 is 0. The maximum Gasteiger partial charge on any atom is 0.311 e. The maximum absolute atomic E-state index is 12.5. The van der Waals surface area contributed by atoms with Crippen molar-refractivity contribution in [1.82, 2.24) is 0 Å². The molecule has 3 rings (SSSR count). The predicted octanol–water partition coefficient (Wildman–Crippen LogP) is 1.47. The molecule has 0 amide bonds. The van der Waals surface area contributed by atoms with E-state index in [0.717, 1.165) is 36.4 Å². The fourth-order valence-corrected chi connectivity index (χ4v) is 5.69. The zero-order valence-corrected chi connectivity index (χ0v) is 16.7. The molecule has 0 saturated heterocycles. The minimum atomic E-state index is -4.90. The van der Waals surface area contributed by atoms with Crippen LogP contribution in [-0.4, -0.2) is 34.9 Å². The SMILES string of the molecule is Nc1cc(S(=O)(=O)OS(=O)(=O)c2ccccc2)cc2cc(S(=O)(=O)O)cc(O)c12. The molecule has 0 aromatic heterocycles. The molecule has 0 bridgehead atoms. The van der Waals surface area contributed by atoms with Gasteiger partial charge in [0.2, 0.25) is 0 Å². The van der Waals surface area contributed by atoms with Crippen molar-refractivity contribution in [3.63, 3.8) is 0 Å². The Hall–Kier alpha value is -2.71. The highest BCUT2D eigenvalue weighted by atomic mass is 32.3. The molecule has 0 aliphatic rings. The van der Waals surface area contributed by atoms with Gasteiger partial charge in [0, 0.05) is 17.1 Å². The van der Waals surface area contributed by atoms with Gasteiger partial charge in [-0.2, -0.15) is 25.3 Å². The first-order chi connectivity index (χ1) is 13.3. The van der Waals surface area contributed by atoms with Crippen LogP contribution in [0.2, 0.25) is 0 Å². The molecule has 0 aliphatic carbocycles. The Balaban J connectivity index is 2.16. The van der Waals surface area contributed by atoms with Gasteiger partial charge in [0.1, 0.15) is 5.75 Å². The van der Waals surface area contributed by atoms with Crippen molar-refractivity contribution in [2.45, 2.75) is 14.7 Å². The van der Waals surface area contributed by atoms with Gasteiger partial charge in [0.05, 0.1) is 14.7 Å². The van der Waals surface area contributed by atoms with E-state index in [2.05, 4.69) is 3.63 Å². The second kappa shape index (κ2) is 6.96. The van der Waals surface area contributed by atoms with Crippen molar-refractivity contribution in [3.8, 4) is 5.75 Å². The number of nitrogen functional groups attached to an aromatic ring is 1. The molecule has 0 unspecified atom stereocenters. The molecule has 0 heterocycles. The molecule has 0 fully saturated rings. The summed E-state index contributed by atoms with van der Waals surface area (Å²) in [6.45, 7) is 0. The van der Waals surface area contributed by atoms with Gasteiger partial charge in [-0.1, -0.05) is 18.2 Å². The summed E-state index contributed by atoms with van der Waals surface area (Å²) in [6.07, 6.45) is 0. The summed E-state index contributed by atoms with van der Waals surface area (Å²) in [5, 5.41) is 9.71. The first kappa shape index (κ1) is 21.0. The van der Waals surface area contributed by atoms with Gasteiger partial charge in [-0.05, 0) is 35.7 Å². The molecular formula is C16H13NO9S3.